The molecule has 0 spiro atoms. The van der Waals surface area contributed by atoms with E-state index in [1.165, 1.54) is 0 Å². The average Bonchev–Trinajstić information content (AvgIpc) is 3.41. The van der Waals surface area contributed by atoms with Crippen LogP contribution in [0.5, 0.6) is 0 Å². The van der Waals surface area contributed by atoms with E-state index in [4.69, 9.17) is 0 Å². The monoisotopic (exact) mass is 316 g/mol. The number of hydrogen-bond acceptors (Lipinski definition) is 4. The number of rotatable bonds is 5. The van der Waals surface area contributed by atoms with Gasteiger partial charge in [-0.2, -0.15) is 0 Å². The second-order valence-electron chi connectivity index (χ2n) is 6.29. The molecule has 0 radical (unpaired) electrons. The van der Waals surface area contributed by atoms with E-state index in [1.807, 2.05) is 17.0 Å². The van der Waals surface area contributed by atoms with Crippen LogP contribution in [0.25, 0.3) is 0 Å². The molecule has 124 valence electrons. The molecule has 1 aliphatic carbocycles. The van der Waals surface area contributed by atoms with E-state index in [0.717, 1.165) is 38.3 Å². The van der Waals surface area contributed by atoms with Gasteiger partial charge in [0.1, 0.15) is 0 Å². The van der Waals surface area contributed by atoms with Gasteiger partial charge in [0.2, 0.25) is 11.8 Å². The second-order valence-corrected chi connectivity index (χ2v) is 6.29. The number of nitrogens with zero attached hydrogens (tertiary/aromatic N) is 3. The predicted octanol–water partition coefficient (Wildman–Crippen LogP) is 0.498. The van der Waals surface area contributed by atoms with Gasteiger partial charge in [-0.05, 0) is 24.6 Å². The van der Waals surface area contributed by atoms with Crippen LogP contribution in [0.15, 0.2) is 24.5 Å². The first-order valence-electron chi connectivity index (χ1n) is 8.36. The molecule has 2 amide bonds. The van der Waals surface area contributed by atoms with E-state index in [9.17, 15) is 9.59 Å². The zero-order chi connectivity index (χ0) is 16.2. The van der Waals surface area contributed by atoms with Gasteiger partial charge in [-0.3, -0.25) is 14.6 Å². The maximum Gasteiger partial charge on any atom is 0.226 e. The number of carbonyl (C=O) groups is 2. The molecule has 6 nitrogen and oxygen atoms in total. The molecule has 1 aliphatic heterocycles. The van der Waals surface area contributed by atoms with Crippen LogP contribution in [0.4, 0.5) is 0 Å². The third-order valence-electron chi connectivity index (χ3n) is 4.77. The fourth-order valence-electron chi connectivity index (χ4n) is 3.10. The molecular weight excluding hydrogens is 292 g/mol. The van der Waals surface area contributed by atoms with Crippen molar-refractivity contribution in [3.05, 3.63) is 30.1 Å². The SMILES string of the molecule is CCN1CCN(C(=O)C2CC2C(=O)NCc2cccnc2)CC1. The highest BCUT2D eigenvalue weighted by atomic mass is 16.2. The number of carbonyl (C=O) groups excluding carboxylic acids is 2. The molecule has 2 atom stereocenters. The Kier molecular flexibility index (Phi) is 4.91. The average molecular weight is 316 g/mol. The highest BCUT2D eigenvalue weighted by Crippen LogP contribution is 2.40. The number of aromatic nitrogens is 1. The van der Waals surface area contributed by atoms with E-state index in [1.54, 1.807) is 12.4 Å². The molecule has 0 aromatic carbocycles. The molecule has 2 fully saturated rings. The lowest BCUT2D eigenvalue weighted by Crippen LogP contribution is -2.49. The molecular formula is C17H24N4O2. The van der Waals surface area contributed by atoms with Crippen LogP contribution < -0.4 is 5.32 Å². The second kappa shape index (κ2) is 7.08. The summed E-state index contributed by atoms with van der Waals surface area (Å²) in [7, 11) is 0. The first kappa shape index (κ1) is 15.9. The van der Waals surface area contributed by atoms with Crippen LogP contribution in [-0.4, -0.2) is 59.3 Å². The van der Waals surface area contributed by atoms with Gasteiger partial charge in [0, 0.05) is 45.1 Å². The number of pyridine rings is 1. The Morgan fingerprint density at radius 1 is 1.26 bits per heavy atom. The van der Waals surface area contributed by atoms with Gasteiger partial charge in [-0.15, -0.1) is 0 Å². The number of amides is 2. The summed E-state index contributed by atoms with van der Waals surface area (Å²) >= 11 is 0. The van der Waals surface area contributed by atoms with Gasteiger partial charge < -0.3 is 15.1 Å². The highest BCUT2D eigenvalue weighted by Gasteiger charge is 2.49. The number of nitrogens with one attached hydrogen (secondary N) is 1. The van der Waals surface area contributed by atoms with E-state index in [2.05, 4.69) is 22.1 Å². The molecule has 0 bridgehead atoms. The first-order valence-corrected chi connectivity index (χ1v) is 8.36. The predicted molar refractivity (Wildman–Crippen MR) is 86.4 cm³/mol. The van der Waals surface area contributed by atoms with Gasteiger partial charge in [0.25, 0.3) is 0 Å². The normalized spacial score (nSPS) is 24.3. The lowest BCUT2D eigenvalue weighted by molar-refractivity contribution is -0.136. The topological polar surface area (TPSA) is 65.5 Å². The maximum atomic E-state index is 12.5. The Labute approximate surface area is 136 Å². The summed E-state index contributed by atoms with van der Waals surface area (Å²) in [5.41, 5.74) is 0.972. The van der Waals surface area contributed by atoms with Gasteiger partial charge in [0.05, 0.1) is 11.8 Å². The summed E-state index contributed by atoms with van der Waals surface area (Å²) in [6, 6.07) is 3.77. The van der Waals surface area contributed by atoms with Crippen LogP contribution in [0.1, 0.15) is 18.9 Å². The molecule has 2 aliphatic rings. The van der Waals surface area contributed by atoms with Crippen molar-refractivity contribution in [2.75, 3.05) is 32.7 Å². The Hall–Kier alpha value is -1.95. The summed E-state index contributed by atoms with van der Waals surface area (Å²) in [6.45, 7) is 7.09. The van der Waals surface area contributed by atoms with Crippen LogP contribution in [0, 0.1) is 11.8 Å². The first-order chi connectivity index (χ1) is 11.2. The van der Waals surface area contributed by atoms with Gasteiger partial charge in [-0.1, -0.05) is 13.0 Å². The van der Waals surface area contributed by atoms with E-state index >= 15 is 0 Å². The van der Waals surface area contributed by atoms with Gasteiger partial charge in [0.15, 0.2) is 0 Å². The van der Waals surface area contributed by atoms with Gasteiger partial charge >= 0.3 is 0 Å². The zero-order valence-electron chi connectivity index (χ0n) is 13.6. The summed E-state index contributed by atoms with van der Waals surface area (Å²) in [5, 5.41) is 2.91. The molecule has 3 rings (SSSR count). The van der Waals surface area contributed by atoms with Crippen LogP contribution in [-0.2, 0) is 16.1 Å². The minimum absolute atomic E-state index is 0.0144. The summed E-state index contributed by atoms with van der Waals surface area (Å²) in [4.78, 5) is 32.9. The Bertz CT molecular complexity index is 555. The summed E-state index contributed by atoms with van der Waals surface area (Å²) in [5.74, 6) is -0.123. The quantitative estimate of drug-likeness (QED) is 0.859. The molecule has 2 heterocycles. The fourth-order valence-corrected chi connectivity index (χ4v) is 3.10. The molecule has 1 saturated carbocycles. The maximum absolute atomic E-state index is 12.5. The van der Waals surface area contributed by atoms with Crippen molar-refractivity contribution < 1.29 is 9.59 Å². The van der Waals surface area contributed by atoms with Crippen LogP contribution in [0.2, 0.25) is 0 Å². The third-order valence-corrected chi connectivity index (χ3v) is 4.77. The van der Waals surface area contributed by atoms with Crippen molar-refractivity contribution in [1.29, 1.82) is 0 Å². The molecule has 1 aromatic heterocycles. The lowest BCUT2D eigenvalue weighted by Gasteiger charge is -2.34. The minimum atomic E-state index is -0.150. The van der Waals surface area contributed by atoms with Crippen molar-refractivity contribution >= 4 is 11.8 Å². The third kappa shape index (κ3) is 3.88. The molecule has 2 unspecified atom stereocenters. The van der Waals surface area contributed by atoms with E-state index < -0.39 is 0 Å². The van der Waals surface area contributed by atoms with Crippen molar-refractivity contribution in [3.8, 4) is 0 Å². The lowest BCUT2D eigenvalue weighted by atomic mass is 10.2. The highest BCUT2D eigenvalue weighted by molar-refractivity contribution is 5.92. The zero-order valence-corrected chi connectivity index (χ0v) is 13.6. The Morgan fingerprint density at radius 3 is 2.70 bits per heavy atom. The number of hydrogen-bond donors (Lipinski definition) is 1. The molecule has 1 saturated heterocycles. The molecule has 1 aromatic rings. The van der Waals surface area contributed by atoms with Gasteiger partial charge in [-0.25, -0.2) is 0 Å². The summed E-state index contributed by atoms with van der Waals surface area (Å²) < 4.78 is 0. The number of likely N-dealkylation sites (N-methyl/N-ethyl adjacent to an activating group) is 1. The standard InChI is InChI=1S/C17H24N4O2/c1-2-20-6-8-21(9-7-20)17(23)15-10-14(15)16(22)19-12-13-4-3-5-18-11-13/h3-5,11,14-15H,2,6-10,12H2,1H3,(H,19,22). The van der Waals surface area contributed by atoms with Crippen LogP contribution in [0.3, 0.4) is 0 Å². The molecule has 6 heteroatoms. The fraction of sp³-hybridized carbons (Fsp3) is 0.588. The van der Waals surface area contributed by atoms with Crippen molar-refractivity contribution in [2.45, 2.75) is 19.9 Å². The van der Waals surface area contributed by atoms with Crippen molar-refractivity contribution in [2.24, 2.45) is 11.8 Å². The van der Waals surface area contributed by atoms with Crippen molar-refractivity contribution in [3.63, 3.8) is 0 Å². The minimum Gasteiger partial charge on any atom is -0.352 e. The van der Waals surface area contributed by atoms with Crippen molar-refractivity contribution in [1.82, 2.24) is 20.1 Å². The van der Waals surface area contributed by atoms with Crippen LogP contribution >= 0.6 is 0 Å². The molecule has 1 N–H and O–H groups in total. The Morgan fingerprint density at radius 2 is 2.04 bits per heavy atom. The summed E-state index contributed by atoms with van der Waals surface area (Å²) in [6.07, 6.45) is 4.13. The Balaban J connectivity index is 1.43. The largest absolute Gasteiger partial charge is 0.352 e. The van der Waals surface area contributed by atoms with E-state index in [0.29, 0.717) is 13.0 Å². The van der Waals surface area contributed by atoms with E-state index in [-0.39, 0.29) is 23.7 Å². The molecule has 23 heavy (non-hydrogen) atoms. The smallest absolute Gasteiger partial charge is 0.226 e. The number of piperazine rings is 1.